The first-order chi connectivity index (χ1) is 14.7. The Bertz CT molecular complexity index is 963. The number of rotatable bonds is 7. The van der Waals surface area contributed by atoms with Crippen molar-refractivity contribution in [3.8, 4) is 5.75 Å². The number of nitrogens with one attached hydrogen (secondary N) is 1. The van der Waals surface area contributed by atoms with E-state index >= 15 is 0 Å². The summed E-state index contributed by atoms with van der Waals surface area (Å²) in [4.78, 5) is 17.5. The number of carbonyl (C=O) groups excluding carboxylic acids is 1. The maximum absolute atomic E-state index is 12.9. The highest BCUT2D eigenvalue weighted by atomic mass is 16.5. The highest BCUT2D eigenvalue weighted by molar-refractivity contribution is 6.03. The molecule has 1 atom stereocenters. The van der Waals surface area contributed by atoms with E-state index in [1.165, 1.54) is 0 Å². The molecule has 4 rings (SSSR count). The smallest absolute Gasteiger partial charge is 0.241 e. The molecule has 30 heavy (non-hydrogen) atoms. The van der Waals surface area contributed by atoms with Gasteiger partial charge < -0.3 is 10.1 Å². The number of fused-ring (bicyclic) bond motifs is 1. The minimum Gasteiger partial charge on any atom is -0.492 e. The highest BCUT2D eigenvalue weighted by Gasteiger charge is 2.25. The quantitative estimate of drug-likeness (QED) is 0.651. The van der Waals surface area contributed by atoms with Crippen LogP contribution in [-0.2, 0) is 4.79 Å². The summed E-state index contributed by atoms with van der Waals surface area (Å²) in [5.41, 5.74) is 0.877. The monoisotopic (exact) mass is 403 g/mol. The lowest BCUT2D eigenvalue weighted by Gasteiger charge is -2.37. The topological polar surface area (TPSA) is 44.8 Å². The Hall–Kier alpha value is -2.89. The summed E-state index contributed by atoms with van der Waals surface area (Å²) in [6, 6.07) is 23.9. The number of ether oxygens (including phenoxy) is 1. The number of amides is 1. The summed E-state index contributed by atoms with van der Waals surface area (Å²) in [5, 5.41) is 5.34. The molecular formula is C25H29N3O2. The second kappa shape index (κ2) is 9.74. The Morgan fingerprint density at radius 1 is 0.933 bits per heavy atom. The summed E-state index contributed by atoms with van der Waals surface area (Å²) in [6.07, 6.45) is 0. The van der Waals surface area contributed by atoms with E-state index in [0.717, 1.165) is 54.9 Å². The van der Waals surface area contributed by atoms with Gasteiger partial charge in [-0.1, -0.05) is 54.6 Å². The minimum atomic E-state index is -0.160. The predicted molar refractivity (Wildman–Crippen MR) is 122 cm³/mol. The fourth-order valence-electron chi connectivity index (χ4n) is 3.92. The molecule has 1 fully saturated rings. The molecule has 0 aromatic heterocycles. The molecule has 1 N–H and O–H groups in total. The van der Waals surface area contributed by atoms with E-state index in [4.69, 9.17) is 4.74 Å². The third kappa shape index (κ3) is 4.99. The number of carbonyl (C=O) groups is 1. The average Bonchev–Trinajstić information content (AvgIpc) is 2.80. The van der Waals surface area contributed by atoms with E-state index in [-0.39, 0.29) is 11.9 Å². The van der Waals surface area contributed by atoms with Crippen molar-refractivity contribution < 1.29 is 9.53 Å². The lowest BCUT2D eigenvalue weighted by atomic mass is 10.1. The van der Waals surface area contributed by atoms with Crippen molar-refractivity contribution in [1.82, 2.24) is 9.80 Å². The molecule has 1 aliphatic heterocycles. The third-order valence-corrected chi connectivity index (χ3v) is 5.80. The van der Waals surface area contributed by atoms with Crippen LogP contribution in [0.2, 0.25) is 0 Å². The summed E-state index contributed by atoms with van der Waals surface area (Å²) in [6.45, 7) is 7.24. The molecule has 1 unspecified atom stereocenters. The van der Waals surface area contributed by atoms with Gasteiger partial charge in [0.15, 0.2) is 0 Å². The molecule has 3 aromatic rings. The zero-order valence-electron chi connectivity index (χ0n) is 17.5. The van der Waals surface area contributed by atoms with Crippen LogP contribution in [0.3, 0.4) is 0 Å². The van der Waals surface area contributed by atoms with Gasteiger partial charge in [0.25, 0.3) is 0 Å². The van der Waals surface area contributed by atoms with Crippen molar-refractivity contribution in [2.75, 3.05) is 44.6 Å². The minimum absolute atomic E-state index is 0.0483. The fourth-order valence-corrected chi connectivity index (χ4v) is 3.92. The van der Waals surface area contributed by atoms with Crippen LogP contribution in [0.4, 0.5) is 5.69 Å². The molecular weight excluding hydrogens is 374 g/mol. The van der Waals surface area contributed by atoms with Gasteiger partial charge in [0, 0.05) is 43.8 Å². The Kier molecular flexibility index (Phi) is 6.62. The SMILES string of the molecule is CC(C(=O)Nc1cccc2ccccc12)N1CCN(CCOc2ccccc2)CC1. The van der Waals surface area contributed by atoms with Crippen molar-refractivity contribution in [2.24, 2.45) is 0 Å². The fraction of sp³-hybridized carbons (Fsp3) is 0.320. The van der Waals surface area contributed by atoms with Crippen LogP contribution < -0.4 is 10.1 Å². The Balaban J connectivity index is 1.25. The predicted octanol–water partition coefficient (Wildman–Crippen LogP) is 3.86. The van der Waals surface area contributed by atoms with E-state index in [0.29, 0.717) is 6.61 Å². The number of hydrogen-bond donors (Lipinski definition) is 1. The van der Waals surface area contributed by atoms with Crippen LogP contribution in [0.25, 0.3) is 10.8 Å². The molecule has 0 aliphatic carbocycles. The van der Waals surface area contributed by atoms with Gasteiger partial charge in [0.05, 0.1) is 6.04 Å². The van der Waals surface area contributed by atoms with Gasteiger partial charge in [-0.2, -0.15) is 0 Å². The number of para-hydroxylation sites is 1. The van der Waals surface area contributed by atoms with Crippen LogP contribution in [0, 0.1) is 0 Å². The summed E-state index contributed by atoms with van der Waals surface area (Å²) in [5.74, 6) is 0.960. The molecule has 1 heterocycles. The number of benzene rings is 3. The van der Waals surface area contributed by atoms with Crippen molar-refractivity contribution in [2.45, 2.75) is 13.0 Å². The summed E-state index contributed by atoms with van der Waals surface area (Å²) >= 11 is 0. The first-order valence-electron chi connectivity index (χ1n) is 10.6. The van der Waals surface area contributed by atoms with Gasteiger partial charge in [-0.05, 0) is 30.5 Å². The largest absolute Gasteiger partial charge is 0.492 e. The van der Waals surface area contributed by atoms with Gasteiger partial charge >= 0.3 is 0 Å². The maximum Gasteiger partial charge on any atom is 0.241 e. The van der Waals surface area contributed by atoms with Crippen LogP contribution in [0.5, 0.6) is 5.75 Å². The summed E-state index contributed by atoms with van der Waals surface area (Å²) < 4.78 is 5.80. The first-order valence-corrected chi connectivity index (χ1v) is 10.6. The van der Waals surface area contributed by atoms with Crippen molar-refractivity contribution in [3.05, 3.63) is 72.8 Å². The lowest BCUT2D eigenvalue weighted by Crippen LogP contribution is -2.53. The van der Waals surface area contributed by atoms with Gasteiger partial charge in [-0.25, -0.2) is 0 Å². The standard InChI is InChI=1S/C25H29N3O2/c1-20(25(29)26-24-13-7-9-21-8-5-6-12-23(21)24)28-16-14-27(15-17-28)18-19-30-22-10-3-2-4-11-22/h2-13,20H,14-19H2,1H3,(H,26,29). The van der Waals surface area contributed by atoms with E-state index in [2.05, 4.69) is 27.2 Å². The third-order valence-electron chi connectivity index (χ3n) is 5.80. The van der Waals surface area contributed by atoms with Gasteiger partial charge in [0.1, 0.15) is 12.4 Å². The molecule has 0 radical (unpaired) electrons. The molecule has 1 aliphatic rings. The van der Waals surface area contributed by atoms with Crippen LogP contribution >= 0.6 is 0 Å². The molecule has 1 amide bonds. The molecule has 0 bridgehead atoms. The first kappa shape index (κ1) is 20.4. The second-order valence-corrected chi connectivity index (χ2v) is 7.73. The van der Waals surface area contributed by atoms with Crippen LogP contribution in [0.1, 0.15) is 6.92 Å². The number of hydrogen-bond acceptors (Lipinski definition) is 4. The van der Waals surface area contributed by atoms with Gasteiger partial charge in [0.2, 0.25) is 5.91 Å². The van der Waals surface area contributed by atoms with E-state index < -0.39 is 0 Å². The van der Waals surface area contributed by atoms with Gasteiger partial charge in [-0.15, -0.1) is 0 Å². The second-order valence-electron chi connectivity index (χ2n) is 7.73. The highest BCUT2D eigenvalue weighted by Crippen LogP contribution is 2.23. The van der Waals surface area contributed by atoms with Crippen molar-refractivity contribution in [3.63, 3.8) is 0 Å². The zero-order chi connectivity index (χ0) is 20.8. The molecule has 0 spiro atoms. The van der Waals surface area contributed by atoms with Crippen LogP contribution in [-0.4, -0.2) is 61.1 Å². The molecule has 5 nitrogen and oxygen atoms in total. The van der Waals surface area contributed by atoms with Crippen molar-refractivity contribution in [1.29, 1.82) is 0 Å². The Morgan fingerprint density at radius 3 is 2.43 bits per heavy atom. The molecule has 1 saturated heterocycles. The normalized spacial score (nSPS) is 16.3. The Morgan fingerprint density at radius 2 is 1.63 bits per heavy atom. The van der Waals surface area contributed by atoms with E-state index in [1.807, 2.05) is 67.6 Å². The molecule has 5 heteroatoms. The van der Waals surface area contributed by atoms with Crippen molar-refractivity contribution >= 4 is 22.4 Å². The average molecular weight is 404 g/mol. The number of piperazine rings is 1. The molecule has 156 valence electrons. The number of anilines is 1. The molecule has 0 saturated carbocycles. The molecule has 3 aromatic carbocycles. The summed E-state index contributed by atoms with van der Waals surface area (Å²) in [7, 11) is 0. The van der Waals surface area contributed by atoms with E-state index in [1.54, 1.807) is 0 Å². The maximum atomic E-state index is 12.9. The van der Waals surface area contributed by atoms with E-state index in [9.17, 15) is 4.79 Å². The van der Waals surface area contributed by atoms with Crippen LogP contribution in [0.15, 0.2) is 72.8 Å². The lowest BCUT2D eigenvalue weighted by molar-refractivity contribution is -0.121. The van der Waals surface area contributed by atoms with Gasteiger partial charge in [-0.3, -0.25) is 14.6 Å². The number of nitrogens with zero attached hydrogens (tertiary/aromatic N) is 2. The zero-order valence-corrected chi connectivity index (χ0v) is 17.5. The Labute approximate surface area is 178 Å².